The second-order valence-electron chi connectivity index (χ2n) is 6.49. The highest BCUT2D eigenvalue weighted by Crippen LogP contribution is 2.37. The van der Waals surface area contributed by atoms with Crippen molar-refractivity contribution in [3.05, 3.63) is 74.3 Å². The van der Waals surface area contributed by atoms with Crippen molar-refractivity contribution in [2.75, 3.05) is 12.4 Å². The van der Waals surface area contributed by atoms with Gasteiger partial charge in [0.2, 0.25) is 0 Å². The van der Waals surface area contributed by atoms with Gasteiger partial charge in [-0.25, -0.2) is 9.48 Å². The molecule has 0 saturated carbocycles. The molecule has 0 aliphatic rings. The predicted molar refractivity (Wildman–Crippen MR) is 125 cm³/mol. The lowest BCUT2D eigenvalue weighted by Gasteiger charge is -2.08. The number of hydrogen-bond donors (Lipinski definition) is 1. The van der Waals surface area contributed by atoms with E-state index in [0.29, 0.717) is 36.8 Å². The molecule has 0 radical (unpaired) electrons. The molecular formula is C21H14Cl3N3O4S. The second kappa shape index (κ2) is 9.38. The zero-order chi connectivity index (χ0) is 22.8. The summed E-state index contributed by atoms with van der Waals surface area (Å²) in [6.45, 7) is 0.0601. The summed E-state index contributed by atoms with van der Waals surface area (Å²) in [6.07, 6.45) is 1.61. The van der Waals surface area contributed by atoms with Crippen LogP contribution in [0.2, 0.25) is 15.1 Å². The van der Waals surface area contributed by atoms with Crippen LogP contribution in [-0.4, -0.2) is 28.8 Å². The highest BCUT2D eigenvalue weighted by Gasteiger charge is 2.18. The van der Waals surface area contributed by atoms with Crippen LogP contribution in [0.25, 0.3) is 10.1 Å². The van der Waals surface area contributed by atoms with Crippen LogP contribution in [0.5, 0.6) is 5.75 Å². The van der Waals surface area contributed by atoms with E-state index in [1.165, 1.54) is 23.1 Å². The van der Waals surface area contributed by atoms with Crippen LogP contribution in [0.4, 0.5) is 5.69 Å². The summed E-state index contributed by atoms with van der Waals surface area (Å²) < 4.78 is 12.6. The Bertz CT molecular complexity index is 1340. The van der Waals surface area contributed by atoms with E-state index in [0.717, 1.165) is 4.70 Å². The quantitative estimate of drug-likeness (QED) is 0.315. The van der Waals surface area contributed by atoms with Crippen molar-refractivity contribution in [2.24, 2.45) is 0 Å². The van der Waals surface area contributed by atoms with Gasteiger partial charge in [-0.3, -0.25) is 4.79 Å². The van der Waals surface area contributed by atoms with Crippen LogP contribution in [0, 0.1) is 0 Å². The average molecular weight is 511 g/mol. The van der Waals surface area contributed by atoms with Gasteiger partial charge in [-0.05, 0) is 42.5 Å². The molecule has 32 heavy (non-hydrogen) atoms. The molecule has 7 nitrogen and oxygen atoms in total. The maximum atomic E-state index is 12.6. The maximum absolute atomic E-state index is 12.6. The number of thiophene rings is 1. The first-order valence-corrected chi connectivity index (χ1v) is 11.0. The molecule has 11 heteroatoms. The minimum absolute atomic E-state index is 0.0601. The van der Waals surface area contributed by atoms with Crippen LogP contribution in [0.15, 0.2) is 48.7 Å². The molecule has 0 aliphatic carbocycles. The van der Waals surface area contributed by atoms with E-state index in [-0.39, 0.29) is 12.4 Å². The van der Waals surface area contributed by atoms with Crippen molar-refractivity contribution in [3.8, 4) is 5.75 Å². The highest BCUT2D eigenvalue weighted by atomic mass is 35.5. The standard InChI is InChI=1S/C21H14Cl3N3O4S/c1-30-21(29)19-18(24)13-4-3-12(9-17(13)32-19)25-20(28)15-6-7-27(26-15)10-31-16-5-2-11(22)8-14(16)23/h2-9H,10H2,1H3,(H,25,28). The van der Waals surface area contributed by atoms with Gasteiger partial charge in [0.15, 0.2) is 12.4 Å². The normalized spacial score (nSPS) is 10.9. The minimum atomic E-state index is -0.505. The molecule has 4 rings (SSSR count). The summed E-state index contributed by atoms with van der Waals surface area (Å²) in [6, 6.07) is 11.6. The average Bonchev–Trinajstić information content (AvgIpc) is 3.37. The second-order valence-corrected chi connectivity index (χ2v) is 8.76. The molecule has 1 N–H and O–H groups in total. The lowest BCUT2D eigenvalue weighted by Crippen LogP contribution is -2.14. The zero-order valence-electron chi connectivity index (χ0n) is 16.4. The number of carbonyl (C=O) groups is 2. The lowest BCUT2D eigenvalue weighted by atomic mass is 10.2. The summed E-state index contributed by atoms with van der Waals surface area (Å²) in [5, 5.41) is 8.91. The molecule has 164 valence electrons. The predicted octanol–water partition coefficient (Wildman–Crippen LogP) is 6.13. The monoisotopic (exact) mass is 509 g/mol. The molecule has 0 atom stereocenters. The fourth-order valence-electron chi connectivity index (χ4n) is 2.84. The largest absolute Gasteiger partial charge is 0.470 e. The van der Waals surface area contributed by atoms with Gasteiger partial charge in [-0.2, -0.15) is 5.10 Å². The number of halogens is 3. The number of nitrogens with zero attached hydrogens (tertiary/aromatic N) is 2. The minimum Gasteiger partial charge on any atom is -0.470 e. The van der Waals surface area contributed by atoms with Crippen molar-refractivity contribution in [1.82, 2.24) is 9.78 Å². The molecule has 1 amide bonds. The van der Waals surface area contributed by atoms with Gasteiger partial charge in [0.25, 0.3) is 5.91 Å². The van der Waals surface area contributed by atoms with Gasteiger partial charge in [0.1, 0.15) is 10.6 Å². The molecule has 0 fully saturated rings. The number of methoxy groups -OCH3 is 1. The summed E-state index contributed by atoms with van der Waals surface area (Å²) in [5.74, 6) is -0.454. The van der Waals surface area contributed by atoms with Gasteiger partial charge in [0, 0.05) is 27.0 Å². The molecule has 0 saturated heterocycles. The smallest absolute Gasteiger partial charge is 0.349 e. The molecule has 2 aromatic heterocycles. The Balaban J connectivity index is 1.44. The van der Waals surface area contributed by atoms with Gasteiger partial charge in [0.05, 0.1) is 17.2 Å². The third-order valence-electron chi connectivity index (χ3n) is 4.38. The molecule has 2 aromatic carbocycles. The summed E-state index contributed by atoms with van der Waals surface area (Å²) in [4.78, 5) is 24.7. The Morgan fingerprint density at radius 1 is 1.12 bits per heavy atom. The molecule has 0 aliphatic heterocycles. The third-order valence-corrected chi connectivity index (χ3v) is 6.55. The van der Waals surface area contributed by atoms with E-state index in [1.807, 2.05) is 0 Å². The molecule has 4 aromatic rings. The summed E-state index contributed by atoms with van der Waals surface area (Å²) >= 11 is 19.4. The van der Waals surface area contributed by atoms with E-state index in [2.05, 4.69) is 10.4 Å². The fourth-order valence-corrected chi connectivity index (χ4v) is 4.77. The van der Waals surface area contributed by atoms with Gasteiger partial charge in [-0.1, -0.05) is 34.8 Å². The van der Waals surface area contributed by atoms with Crippen molar-refractivity contribution < 1.29 is 19.1 Å². The van der Waals surface area contributed by atoms with Crippen molar-refractivity contribution in [2.45, 2.75) is 6.73 Å². The highest BCUT2D eigenvalue weighted by molar-refractivity contribution is 7.21. The Hall–Kier alpha value is -2.78. The summed E-state index contributed by atoms with van der Waals surface area (Å²) in [5.41, 5.74) is 0.742. The number of rotatable bonds is 6. The number of ether oxygens (including phenoxy) is 2. The molecule has 0 unspecified atom stereocenters. The topological polar surface area (TPSA) is 82.5 Å². The number of carbonyl (C=O) groups excluding carboxylic acids is 2. The first-order chi connectivity index (χ1) is 15.4. The third kappa shape index (κ3) is 4.68. The first kappa shape index (κ1) is 22.4. The Morgan fingerprint density at radius 3 is 2.69 bits per heavy atom. The van der Waals surface area contributed by atoms with Crippen LogP contribution in [-0.2, 0) is 11.5 Å². The van der Waals surface area contributed by atoms with Crippen LogP contribution in [0.1, 0.15) is 20.2 Å². The molecular weight excluding hydrogens is 497 g/mol. The van der Waals surface area contributed by atoms with Crippen LogP contribution in [0.3, 0.4) is 0 Å². The van der Waals surface area contributed by atoms with E-state index in [1.54, 1.807) is 48.7 Å². The number of hydrogen-bond acceptors (Lipinski definition) is 6. The SMILES string of the molecule is COC(=O)c1sc2cc(NC(=O)c3ccn(COc4ccc(Cl)cc4Cl)n3)ccc2c1Cl. The van der Waals surface area contributed by atoms with Gasteiger partial charge < -0.3 is 14.8 Å². The Labute approximate surface area is 201 Å². The van der Waals surface area contributed by atoms with Crippen LogP contribution >= 0.6 is 46.1 Å². The summed E-state index contributed by atoms with van der Waals surface area (Å²) in [7, 11) is 1.29. The lowest BCUT2D eigenvalue weighted by molar-refractivity contribution is 0.0606. The number of anilines is 1. The fraction of sp³-hybridized carbons (Fsp3) is 0.0952. The zero-order valence-corrected chi connectivity index (χ0v) is 19.5. The van der Waals surface area contributed by atoms with Crippen LogP contribution < -0.4 is 10.1 Å². The van der Waals surface area contributed by atoms with Crippen molar-refractivity contribution >= 4 is 73.8 Å². The number of nitrogens with one attached hydrogen (secondary N) is 1. The van der Waals surface area contributed by atoms with Gasteiger partial charge in [-0.15, -0.1) is 11.3 Å². The number of amides is 1. The molecule has 0 bridgehead atoms. The van der Waals surface area contributed by atoms with E-state index < -0.39 is 11.9 Å². The number of aromatic nitrogens is 2. The Kier molecular flexibility index (Phi) is 6.57. The van der Waals surface area contributed by atoms with E-state index in [4.69, 9.17) is 44.3 Å². The van der Waals surface area contributed by atoms with E-state index in [9.17, 15) is 9.59 Å². The molecule has 2 heterocycles. The maximum Gasteiger partial charge on any atom is 0.349 e. The molecule has 0 spiro atoms. The van der Waals surface area contributed by atoms with E-state index >= 15 is 0 Å². The Morgan fingerprint density at radius 2 is 1.94 bits per heavy atom. The number of fused-ring (bicyclic) bond motifs is 1. The van der Waals surface area contributed by atoms with Crippen molar-refractivity contribution in [1.29, 1.82) is 0 Å². The first-order valence-electron chi connectivity index (χ1n) is 9.08. The number of esters is 1. The van der Waals surface area contributed by atoms with Crippen molar-refractivity contribution in [3.63, 3.8) is 0 Å². The number of benzene rings is 2. The van der Waals surface area contributed by atoms with Gasteiger partial charge >= 0.3 is 5.97 Å².